The van der Waals surface area contributed by atoms with Crippen molar-refractivity contribution in [2.75, 3.05) is 18.9 Å². The molecule has 0 fully saturated rings. The van der Waals surface area contributed by atoms with E-state index in [2.05, 4.69) is 5.32 Å². The van der Waals surface area contributed by atoms with Crippen LogP contribution < -0.4 is 5.32 Å². The maximum absolute atomic E-state index is 12.0. The molecule has 0 unspecified atom stereocenters. The molecule has 0 radical (unpaired) electrons. The van der Waals surface area contributed by atoms with E-state index in [9.17, 15) is 14.4 Å². The van der Waals surface area contributed by atoms with Gasteiger partial charge >= 0.3 is 5.97 Å². The van der Waals surface area contributed by atoms with Gasteiger partial charge in [0.05, 0.1) is 16.4 Å². The Morgan fingerprint density at radius 3 is 2.57 bits per heavy atom. The summed E-state index contributed by atoms with van der Waals surface area (Å²) in [6.45, 7) is -0.100. The first kappa shape index (κ1) is 15.2. The summed E-state index contributed by atoms with van der Waals surface area (Å²) in [6, 6.07) is 6.40. The fourth-order valence-corrected chi connectivity index (χ4v) is 3.05. The predicted molar refractivity (Wildman–Crippen MR) is 81.2 cm³/mol. The molecule has 2 aromatic rings. The third-order valence-corrected chi connectivity index (χ3v) is 4.39. The highest BCUT2D eigenvalue weighted by atomic mass is 32.1. The topological polar surface area (TPSA) is 86.7 Å². The van der Waals surface area contributed by atoms with Crippen molar-refractivity contribution in [1.82, 2.24) is 4.90 Å². The molecule has 2 heterocycles. The van der Waals surface area contributed by atoms with Gasteiger partial charge in [0.25, 0.3) is 5.91 Å². The maximum Gasteiger partial charge on any atom is 0.345 e. The molecule has 6 nitrogen and oxygen atoms in total. The van der Waals surface area contributed by atoms with E-state index in [0.29, 0.717) is 9.88 Å². The number of amides is 2. The summed E-state index contributed by atoms with van der Waals surface area (Å²) in [5, 5.41) is 13.6. The largest absolute Gasteiger partial charge is 0.477 e. The third kappa shape index (κ3) is 3.89. The molecule has 0 aromatic carbocycles. The van der Waals surface area contributed by atoms with Crippen LogP contribution in [0.4, 0.5) is 5.00 Å². The molecule has 2 amide bonds. The number of nitrogens with zero attached hydrogens (tertiary/aromatic N) is 1. The van der Waals surface area contributed by atoms with Gasteiger partial charge < -0.3 is 15.3 Å². The van der Waals surface area contributed by atoms with Gasteiger partial charge in [0, 0.05) is 7.05 Å². The summed E-state index contributed by atoms with van der Waals surface area (Å²) in [6.07, 6.45) is 0. The number of carboxylic acid groups (broad SMARTS) is 1. The van der Waals surface area contributed by atoms with Crippen molar-refractivity contribution in [2.45, 2.75) is 0 Å². The van der Waals surface area contributed by atoms with Crippen molar-refractivity contribution in [3.05, 3.63) is 39.4 Å². The zero-order valence-electron chi connectivity index (χ0n) is 11.0. The molecule has 21 heavy (non-hydrogen) atoms. The van der Waals surface area contributed by atoms with Gasteiger partial charge in [0.1, 0.15) is 4.88 Å². The lowest BCUT2D eigenvalue weighted by atomic mass is 10.4. The van der Waals surface area contributed by atoms with E-state index < -0.39 is 5.97 Å². The van der Waals surface area contributed by atoms with Gasteiger partial charge in [-0.1, -0.05) is 6.07 Å². The number of carboxylic acids is 1. The van der Waals surface area contributed by atoms with Crippen LogP contribution in [0.5, 0.6) is 0 Å². The highest BCUT2D eigenvalue weighted by molar-refractivity contribution is 7.18. The standard InChI is InChI=1S/C13H12N2O4S2/c1-15(12(17)8-3-2-6-20-8)7-10(16)14-11-5-4-9(21-11)13(18)19/h2-6H,7H2,1H3,(H,14,16)(H,18,19). The fourth-order valence-electron chi connectivity index (χ4n) is 1.57. The minimum Gasteiger partial charge on any atom is -0.477 e. The summed E-state index contributed by atoms with van der Waals surface area (Å²) < 4.78 is 0. The lowest BCUT2D eigenvalue weighted by Gasteiger charge is -2.15. The van der Waals surface area contributed by atoms with Crippen LogP contribution in [-0.2, 0) is 4.79 Å². The van der Waals surface area contributed by atoms with Crippen molar-refractivity contribution >= 4 is 45.5 Å². The average Bonchev–Trinajstić information content (AvgIpc) is 3.08. The summed E-state index contributed by atoms with van der Waals surface area (Å²) in [5.74, 6) is -1.63. The Bertz CT molecular complexity index is 664. The third-order valence-electron chi connectivity index (χ3n) is 2.54. The van der Waals surface area contributed by atoms with E-state index in [-0.39, 0.29) is 23.2 Å². The van der Waals surface area contributed by atoms with Crippen LogP contribution in [-0.4, -0.2) is 41.4 Å². The normalized spacial score (nSPS) is 10.1. The first-order valence-electron chi connectivity index (χ1n) is 5.89. The Hall–Kier alpha value is -2.19. The lowest BCUT2D eigenvalue weighted by Crippen LogP contribution is -2.34. The molecule has 110 valence electrons. The second-order valence-electron chi connectivity index (χ2n) is 4.16. The van der Waals surface area contributed by atoms with Gasteiger partial charge in [-0.05, 0) is 23.6 Å². The second kappa shape index (κ2) is 6.51. The number of thiophene rings is 2. The predicted octanol–water partition coefficient (Wildman–Crippen LogP) is 2.22. The van der Waals surface area contributed by atoms with Crippen LogP contribution in [0.25, 0.3) is 0 Å². The van der Waals surface area contributed by atoms with Gasteiger partial charge in [0.15, 0.2) is 0 Å². The minimum atomic E-state index is -1.04. The van der Waals surface area contributed by atoms with Crippen LogP contribution in [0.3, 0.4) is 0 Å². The van der Waals surface area contributed by atoms with Crippen LogP contribution in [0, 0.1) is 0 Å². The molecular formula is C13H12N2O4S2. The molecule has 0 atom stereocenters. The molecule has 8 heteroatoms. The number of hydrogen-bond acceptors (Lipinski definition) is 5. The molecule has 2 rings (SSSR count). The fraction of sp³-hybridized carbons (Fsp3) is 0.154. The van der Waals surface area contributed by atoms with E-state index in [1.54, 1.807) is 24.6 Å². The number of aromatic carboxylic acids is 1. The van der Waals surface area contributed by atoms with Crippen LogP contribution in [0.1, 0.15) is 19.3 Å². The molecule has 0 aliphatic heterocycles. The van der Waals surface area contributed by atoms with Gasteiger partial charge in [0.2, 0.25) is 5.91 Å². The number of likely N-dealkylation sites (N-methyl/N-ethyl adjacent to an activating group) is 1. The summed E-state index contributed by atoms with van der Waals surface area (Å²) in [5.41, 5.74) is 0. The summed E-state index contributed by atoms with van der Waals surface area (Å²) >= 11 is 2.28. The zero-order chi connectivity index (χ0) is 15.4. The molecule has 2 aromatic heterocycles. The van der Waals surface area contributed by atoms with Crippen molar-refractivity contribution in [3.63, 3.8) is 0 Å². The first-order chi connectivity index (χ1) is 9.97. The van der Waals surface area contributed by atoms with E-state index in [4.69, 9.17) is 5.11 Å². The molecule has 0 spiro atoms. The van der Waals surface area contributed by atoms with E-state index in [1.165, 1.54) is 28.4 Å². The first-order valence-corrected chi connectivity index (χ1v) is 7.59. The van der Waals surface area contributed by atoms with Crippen LogP contribution >= 0.6 is 22.7 Å². The second-order valence-corrected chi connectivity index (χ2v) is 6.19. The Morgan fingerprint density at radius 1 is 1.24 bits per heavy atom. The monoisotopic (exact) mass is 324 g/mol. The number of nitrogens with one attached hydrogen (secondary N) is 1. The molecule has 0 saturated carbocycles. The Labute approximate surface area is 128 Å². The molecule has 0 aliphatic carbocycles. The highest BCUT2D eigenvalue weighted by Gasteiger charge is 2.16. The van der Waals surface area contributed by atoms with Crippen LogP contribution in [0.2, 0.25) is 0 Å². The number of carbonyl (C=O) groups excluding carboxylic acids is 2. The SMILES string of the molecule is CN(CC(=O)Nc1ccc(C(=O)O)s1)C(=O)c1cccs1. The number of anilines is 1. The van der Waals surface area contributed by atoms with Crippen molar-refractivity contribution < 1.29 is 19.5 Å². The summed E-state index contributed by atoms with van der Waals surface area (Å²) in [4.78, 5) is 36.6. The number of rotatable bonds is 5. The average molecular weight is 324 g/mol. The Balaban J connectivity index is 1.91. The van der Waals surface area contributed by atoms with Crippen molar-refractivity contribution in [3.8, 4) is 0 Å². The van der Waals surface area contributed by atoms with Crippen molar-refractivity contribution in [2.24, 2.45) is 0 Å². The molecular weight excluding hydrogens is 312 g/mol. The lowest BCUT2D eigenvalue weighted by molar-refractivity contribution is -0.116. The van der Waals surface area contributed by atoms with Gasteiger partial charge in [-0.15, -0.1) is 22.7 Å². The Kier molecular flexibility index (Phi) is 4.71. The van der Waals surface area contributed by atoms with Crippen LogP contribution in [0.15, 0.2) is 29.6 Å². The summed E-state index contributed by atoms with van der Waals surface area (Å²) in [7, 11) is 1.54. The molecule has 2 N–H and O–H groups in total. The van der Waals surface area contributed by atoms with E-state index in [0.717, 1.165) is 11.3 Å². The Morgan fingerprint density at radius 2 is 2.00 bits per heavy atom. The molecule has 0 saturated heterocycles. The van der Waals surface area contributed by atoms with Crippen molar-refractivity contribution in [1.29, 1.82) is 0 Å². The maximum atomic E-state index is 12.0. The van der Waals surface area contributed by atoms with Gasteiger partial charge in [-0.2, -0.15) is 0 Å². The van der Waals surface area contributed by atoms with E-state index >= 15 is 0 Å². The quantitative estimate of drug-likeness (QED) is 0.883. The van der Waals surface area contributed by atoms with E-state index in [1.807, 2.05) is 0 Å². The van der Waals surface area contributed by atoms with Gasteiger partial charge in [-0.3, -0.25) is 9.59 Å². The number of hydrogen-bond donors (Lipinski definition) is 2. The number of carbonyl (C=O) groups is 3. The minimum absolute atomic E-state index is 0.100. The zero-order valence-corrected chi connectivity index (χ0v) is 12.7. The van der Waals surface area contributed by atoms with Gasteiger partial charge in [-0.25, -0.2) is 4.79 Å². The molecule has 0 aliphatic rings. The highest BCUT2D eigenvalue weighted by Crippen LogP contribution is 2.21. The molecule has 0 bridgehead atoms. The smallest absolute Gasteiger partial charge is 0.345 e.